The van der Waals surface area contributed by atoms with Crippen molar-refractivity contribution < 1.29 is 22.6 Å². The number of alkyl halides is 3. The molecular weight excluding hydrogens is 321 g/mol. The molecule has 1 aliphatic rings. The number of hydrogen-bond donors (Lipinski definition) is 1. The number of hydrogen-bond acceptors (Lipinski definition) is 4. The van der Waals surface area contributed by atoms with E-state index in [1.165, 1.54) is 6.07 Å². The van der Waals surface area contributed by atoms with E-state index in [0.717, 1.165) is 24.2 Å². The third kappa shape index (κ3) is 3.19. The highest BCUT2D eigenvalue weighted by Crippen LogP contribution is 2.37. The lowest BCUT2D eigenvalue weighted by Crippen LogP contribution is -2.05. The first-order chi connectivity index (χ1) is 9.93. The summed E-state index contributed by atoms with van der Waals surface area (Å²) in [4.78, 5) is 3.65. The second kappa shape index (κ2) is 5.92. The first-order valence-electron chi connectivity index (χ1n) is 6.20. The van der Waals surface area contributed by atoms with Crippen molar-refractivity contribution in [3.8, 4) is 17.4 Å². The van der Waals surface area contributed by atoms with Gasteiger partial charge in [-0.25, -0.2) is 4.98 Å². The molecule has 0 fully saturated rings. The van der Waals surface area contributed by atoms with Crippen LogP contribution >= 0.6 is 12.4 Å². The number of anilines is 1. The van der Waals surface area contributed by atoms with Crippen molar-refractivity contribution in [2.45, 2.75) is 12.6 Å². The van der Waals surface area contributed by atoms with E-state index >= 15 is 0 Å². The summed E-state index contributed by atoms with van der Waals surface area (Å²) in [6.45, 7) is 0.557. The molecule has 0 unspecified atom stereocenters. The van der Waals surface area contributed by atoms with E-state index in [9.17, 15) is 13.2 Å². The zero-order valence-electron chi connectivity index (χ0n) is 11.2. The molecule has 0 saturated heterocycles. The van der Waals surface area contributed by atoms with Gasteiger partial charge in [0.05, 0.1) is 17.9 Å². The minimum absolute atomic E-state index is 0. The van der Waals surface area contributed by atoms with Gasteiger partial charge in [-0.15, -0.1) is 12.4 Å². The molecule has 0 atom stereocenters. The number of ether oxygens (including phenoxy) is 2. The molecular formula is C14H12ClF3N2O2. The monoisotopic (exact) mass is 332 g/mol. The van der Waals surface area contributed by atoms with Crippen LogP contribution in [-0.2, 0) is 12.6 Å². The molecule has 22 heavy (non-hydrogen) atoms. The number of benzene rings is 1. The summed E-state index contributed by atoms with van der Waals surface area (Å²) < 4.78 is 48.1. The number of rotatable bonds is 2. The highest BCUT2D eigenvalue weighted by Gasteiger charge is 2.30. The quantitative estimate of drug-likeness (QED) is 0.849. The molecule has 0 radical (unpaired) electrons. The lowest BCUT2D eigenvalue weighted by molar-refractivity contribution is -0.137. The third-order valence-corrected chi connectivity index (χ3v) is 3.07. The van der Waals surface area contributed by atoms with Gasteiger partial charge in [-0.3, -0.25) is 0 Å². The van der Waals surface area contributed by atoms with Crippen LogP contribution in [0, 0.1) is 0 Å². The van der Waals surface area contributed by atoms with Crippen molar-refractivity contribution in [3.05, 3.63) is 41.6 Å². The van der Waals surface area contributed by atoms with Crippen LogP contribution in [0.1, 0.15) is 11.1 Å². The predicted molar refractivity (Wildman–Crippen MR) is 76.6 cm³/mol. The largest absolute Gasteiger partial charge is 0.491 e. The second-order valence-corrected chi connectivity index (χ2v) is 4.58. The van der Waals surface area contributed by atoms with Crippen LogP contribution < -0.4 is 15.2 Å². The molecule has 118 valence electrons. The minimum Gasteiger partial charge on any atom is -0.491 e. The normalized spacial score (nSPS) is 13.0. The topological polar surface area (TPSA) is 57.4 Å². The molecule has 0 amide bonds. The summed E-state index contributed by atoms with van der Waals surface area (Å²) >= 11 is 0. The maximum absolute atomic E-state index is 12.4. The van der Waals surface area contributed by atoms with Gasteiger partial charge >= 0.3 is 6.18 Å². The number of aromatic nitrogens is 1. The van der Waals surface area contributed by atoms with Gasteiger partial charge in [-0.2, -0.15) is 13.2 Å². The molecule has 0 aliphatic carbocycles. The van der Waals surface area contributed by atoms with E-state index in [0.29, 0.717) is 23.8 Å². The molecule has 1 aromatic heterocycles. The maximum Gasteiger partial charge on any atom is 0.417 e. The molecule has 2 aromatic rings. The average molecular weight is 333 g/mol. The Balaban J connectivity index is 0.00000176. The smallest absolute Gasteiger partial charge is 0.417 e. The molecule has 2 N–H and O–H groups in total. The second-order valence-electron chi connectivity index (χ2n) is 4.58. The molecule has 0 spiro atoms. The number of halogens is 4. The van der Waals surface area contributed by atoms with E-state index < -0.39 is 11.7 Å². The zero-order chi connectivity index (χ0) is 15.0. The Morgan fingerprint density at radius 2 is 2.00 bits per heavy atom. The number of pyridine rings is 1. The van der Waals surface area contributed by atoms with Crippen LogP contribution in [0.2, 0.25) is 0 Å². The standard InChI is InChI=1S/C14H11F3N2O2.ClH/c15-14(16,17)9-1-2-12(19-7-9)21-10-5-8-3-4-20-13(8)11(18)6-10;/h1-2,5-7H,3-4,18H2;1H. The van der Waals surface area contributed by atoms with E-state index in [-0.39, 0.29) is 18.3 Å². The van der Waals surface area contributed by atoms with Gasteiger partial charge in [-0.05, 0) is 12.1 Å². The van der Waals surface area contributed by atoms with E-state index in [1.807, 2.05) is 0 Å². The molecule has 2 heterocycles. The highest BCUT2D eigenvalue weighted by molar-refractivity contribution is 5.85. The fourth-order valence-corrected chi connectivity index (χ4v) is 2.10. The Morgan fingerprint density at radius 3 is 2.64 bits per heavy atom. The SMILES string of the molecule is Cl.Nc1cc(Oc2ccc(C(F)(F)F)cn2)cc2c1OCC2. The number of nitrogens with zero attached hydrogens (tertiary/aromatic N) is 1. The first-order valence-corrected chi connectivity index (χ1v) is 6.20. The molecule has 0 saturated carbocycles. The Labute approximate surface area is 130 Å². The highest BCUT2D eigenvalue weighted by atomic mass is 35.5. The fraction of sp³-hybridized carbons (Fsp3) is 0.214. The van der Waals surface area contributed by atoms with Gasteiger partial charge in [0, 0.05) is 30.3 Å². The molecule has 0 bridgehead atoms. The van der Waals surface area contributed by atoms with Crippen LogP contribution in [0.15, 0.2) is 30.5 Å². The lowest BCUT2D eigenvalue weighted by Gasteiger charge is -2.10. The zero-order valence-corrected chi connectivity index (χ0v) is 12.0. The van der Waals surface area contributed by atoms with E-state index in [1.54, 1.807) is 12.1 Å². The minimum atomic E-state index is -4.42. The maximum atomic E-state index is 12.4. The Bertz CT molecular complexity index is 675. The summed E-state index contributed by atoms with van der Waals surface area (Å²) in [5, 5.41) is 0. The summed E-state index contributed by atoms with van der Waals surface area (Å²) in [5.41, 5.74) is 6.36. The first kappa shape index (κ1) is 16.2. The van der Waals surface area contributed by atoms with Crippen molar-refractivity contribution in [3.63, 3.8) is 0 Å². The van der Waals surface area contributed by atoms with Crippen molar-refractivity contribution in [1.82, 2.24) is 4.98 Å². The fourth-order valence-electron chi connectivity index (χ4n) is 2.10. The third-order valence-electron chi connectivity index (χ3n) is 3.07. The Morgan fingerprint density at radius 1 is 1.23 bits per heavy atom. The summed E-state index contributed by atoms with van der Waals surface area (Å²) in [6, 6.07) is 5.40. The molecule has 1 aromatic carbocycles. The summed E-state index contributed by atoms with van der Waals surface area (Å²) in [5.74, 6) is 1.13. The molecule has 3 rings (SSSR count). The molecule has 4 nitrogen and oxygen atoms in total. The van der Waals surface area contributed by atoms with Crippen LogP contribution in [0.3, 0.4) is 0 Å². The van der Waals surface area contributed by atoms with Gasteiger partial charge in [0.2, 0.25) is 5.88 Å². The van der Waals surface area contributed by atoms with E-state index in [2.05, 4.69) is 4.98 Å². The number of fused-ring (bicyclic) bond motifs is 1. The van der Waals surface area contributed by atoms with Crippen LogP contribution in [0.4, 0.5) is 18.9 Å². The van der Waals surface area contributed by atoms with Gasteiger partial charge in [0.15, 0.2) is 0 Å². The van der Waals surface area contributed by atoms with Crippen molar-refractivity contribution >= 4 is 18.1 Å². The lowest BCUT2D eigenvalue weighted by atomic mass is 10.1. The van der Waals surface area contributed by atoms with E-state index in [4.69, 9.17) is 15.2 Å². The average Bonchev–Trinajstić information content (AvgIpc) is 2.87. The van der Waals surface area contributed by atoms with Gasteiger partial charge in [-0.1, -0.05) is 0 Å². The van der Waals surface area contributed by atoms with Crippen LogP contribution in [0.5, 0.6) is 17.4 Å². The number of nitrogen functional groups attached to an aromatic ring is 1. The Hall–Kier alpha value is -2.15. The van der Waals surface area contributed by atoms with Gasteiger partial charge < -0.3 is 15.2 Å². The summed E-state index contributed by atoms with van der Waals surface area (Å²) in [7, 11) is 0. The summed E-state index contributed by atoms with van der Waals surface area (Å²) in [6.07, 6.45) is -2.97. The van der Waals surface area contributed by atoms with Crippen LogP contribution in [0.25, 0.3) is 0 Å². The van der Waals surface area contributed by atoms with Crippen molar-refractivity contribution in [1.29, 1.82) is 0 Å². The van der Waals surface area contributed by atoms with Gasteiger partial charge in [0.1, 0.15) is 11.5 Å². The molecule has 8 heteroatoms. The molecule has 1 aliphatic heterocycles. The van der Waals surface area contributed by atoms with Crippen LogP contribution in [-0.4, -0.2) is 11.6 Å². The van der Waals surface area contributed by atoms with Crippen molar-refractivity contribution in [2.75, 3.05) is 12.3 Å². The van der Waals surface area contributed by atoms with Gasteiger partial charge in [0.25, 0.3) is 0 Å². The predicted octanol–water partition coefficient (Wildman–Crippen LogP) is 3.83. The van der Waals surface area contributed by atoms with Crippen molar-refractivity contribution in [2.24, 2.45) is 0 Å². The number of nitrogens with two attached hydrogens (primary N) is 1. The Kier molecular flexibility index (Phi) is 4.37.